The van der Waals surface area contributed by atoms with E-state index in [2.05, 4.69) is 51.2 Å². The lowest BCUT2D eigenvalue weighted by Crippen LogP contribution is -2.59. The maximum atomic E-state index is 12.3. The molecule has 13 heteroatoms. The highest BCUT2D eigenvalue weighted by Crippen LogP contribution is 2.38. The minimum Gasteiger partial charge on any atom is -0.463 e. The van der Waals surface area contributed by atoms with Gasteiger partial charge in [0.2, 0.25) is 0 Å². The lowest BCUT2D eigenvalue weighted by atomic mass is 9.83. The molecule has 0 radical (unpaired) electrons. The molecule has 0 aliphatic carbocycles. The number of carbonyl (C=O) groups excluding carboxylic acids is 4. The fourth-order valence-electron chi connectivity index (χ4n) is 5.73. The summed E-state index contributed by atoms with van der Waals surface area (Å²) >= 11 is 0. The fourth-order valence-corrected chi connectivity index (χ4v) is 7.55. The molecule has 1 aliphatic rings. The Hall–Kier alpha value is -3.37. The molecule has 47 heavy (non-hydrogen) atoms. The zero-order valence-corrected chi connectivity index (χ0v) is 31.7. The van der Waals surface area contributed by atoms with Gasteiger partial charge in [0.1, 0.15) is 25.1 Å². The van der Waals surface area contributed by atoms with E-state index in [4.69, 9.17) is 32.5 Å². The third-order valence-electron chi connectivity index (χ3n) is 8.01. The van der Waals surface area contributed by atoms with Gasteiger partial charge in [-0.05, 0) is 41.2 Å². The van der Waals surface area contributed by atoms with Crippen LogP contribution in [0.15, 0.2) is 42.5 Å². The summed E-state index contributed by atoms with van der Waals surface area (Å²) in [6, 6.07) is 14.2. The van der Waals surface area contributed by atoms with Crippen LogP contribution in [-0.4, -0.2) is 80.7 Å². The van der Waals surface area contributed by atoms with Gasteiger partial charge in [-0.1, -0.05) is 69.4 Å². The first-order valence-electron chi connectivity index (χ1n) is 15.9. The molecule has 11 nitrogen and oxygen atoms in total. The molecule has 258 valence electrons. The van der Waals surface area contributed by atoms with Gasteiger partial charge < -0.3 is 32.5 Å². The quantitative estimate of drug-likeness (QED) is 0.125. The van der Waals surface area contributed by atoms with Crippen molar-refractivity contribution in [3.8, 4) is 0 Å². The van der Waals surface area contributed by atoms with Gasteiger partial charge in [0.25, 0.3) is 0 Å². The minimum absolute atomic E-state index is 0.262. The van der Waals surface area contributed by atoms with Gasteiger partial charge in [-0.15, -0.1) is 0 Å². The van der Waals surface area contributed by atoms with E-state index in [0.717, 1.165) is 22.3 Å². The summed E-state index contributed by atoms with van der Waals surface area (Å²) in [6.45, 7) is 15.1. The van der Waals surface area contributed by atoms with Gasteiger partial charge >= 0.3 is 23.9 Å². The van der Waals surface area contributed by atoms with E-state index in [0.29, 0.717) is 12.0 Å². The van der Waals surface area contributed by atoms with Crippen LogP contribution in [0.1, 0.15) is 75.5 Å². The summed E-state index contributed by atoms with van der Waals surface area (Å²) < 4.78 is 40.6. The highest BCUT2D eigenvalue weighted by molar-refractivity contribution is 6.26. The predicted octanol–water partition coefficient (Wildman–Crippen LogP) is 3.28. The van der Waals surface area contributed by atoms with Crippen molar-refractivity contribution in [2.45, 2.75) is 110 Å². The Balaban J connectivity index is 2.00. The molecule has 0 bridgehead atoms. The molecule has 2 aromatic rings. The van der Waals surface area contributed by atoms with Gasteiger partial charge in [-0.25, -0.2) is 0 Å². The van der Waals surface area contributed by atoms with Crippen LogP contribution in [0.5, 0.6) is 0 Å². The summed E-state index contributed by atoms with van der Waals surface area (Å²) in [4.78, 5) is 48.4. The molecule has 0 saturated carbocycles. The Bertz CT molecular complexity index is 1390. The number of rotatable bonds is 14. The van der Waals surface area contributed by atoms with Crippen molar-refractivity contribution >= 4 is 43.4 Å². The second kappa shape index (κ2) is 17.2. The van der Waals surface area contributed by atoms with Crippen LogP contribution in [0.2, 0.25) is 13.1 Å². The van der Waals surface area contributed by atoms with Crippen molar-refractivity contribution < 1.29 is 51.7 Å². The molecule has 2 aromatic carbocycles. The van der Waals surface area contributed by atoms with Gasteiger partial charge in [-0.2, -0.15) is 0 Å². The molecule has 1 saturated heterocycles. The van der Waals surface area contributed by atoms with E-state index >= 15 is 0 Å². The van der Waals surface area contributed by atoms with E-state index in [-0.39, 0.29) is 18.3 Å². The van der Waals surface area contributed by atoms with E-state index in [1.54, 1.807) is 0 Å². The average Bonchev–Trinajstić information content (AvgIpc) is 2.99. The number of ether oxygens (including phenoxy) is 5. The fraction of sp³-hybridized carbons (Fsp3) is 0.529. The molecular formula is C34H48O11Si2. The van der Waals surface area contributed by atoms with Gasteiger partial charge in [0.15, 0.2) is 37.8 Å². The highest BCUT2D eigenvalue weighted by Gasteiger charge is 2.52. The summed E-state index contributed by atoms with van der Waals surface area (Å²) in [5, 5.41) is 0. The van der Waals surface area contributed by atoms with Crippen LogP contribution >= 0.6 is 0 Å². The first-order valence-corrected chi connectivity index (χ1v) is 19.9. The molecule has 0 aromatic heterocycles. The van der Waals surface area contributed by atoms with Crippen LogP contribution in [-0.2, 0) is 63.6 Å². The molecular weight excluding hydrogens is 641 g/mol. The minimum atomic E-state index is -1.23. The van der Waals surface area contributed by atoms with E-state index in [1.807, 2.05) is 25.1 Å². The third-order valence-corrected chi connectivity index (χ3v) is 9.28. The van der Waals surface area contributed by atoms with Crippen molar-refractivity contribution in [1.29, 1.82) is 0 Å². The van der Waals surface area contributed by atoms with Crippen LogP contribution in [0.4, 0.5) is 0 Å². The molecule has 0 N–H and O–H groups in total. The lowest BCUT2D eigenvalue weighted by molar-refractivity contribution is -0.254. The van der Waals surface area contributed by atoms with Crippen molar-refractivity contribution in [1.82, 2.24) is 0 Å². The van der Waals surface area contributed by atoms with E-state index in [1.165, 1.54) is 27.7 Å². The van der Waals surface area contributed by atoms with Crippen LogP contribution < -0.4 is 0 Å². The molecule has 1 heterocycles. The Morgan fingerprint density at radius 1 is 0.787 bits per heavy atom. The highest BCUT2D eigenvalue weighted by atomic mass is 28.2. The second-order valence-corrected chi connectivity index (χ2v) is 14.0. The number of hydrogen-bond acceptors (Lipinski definition) is 11. The van der Waals surface area contributed by atoms with E-state index < -0.39 is 73.9 Å². The summed E-state index contributed by atoms with van der Waals surface area (Å²) in [6.07, 6.45) is -5.23. The van der Waals surface area contributed by atoms with Gasteiger partial charge in [0.05, 0.1) is 0 Å². The van der Waals surface area contributed by atoms with E-state index in [9.17, 15) is 19.2 Å². The monoisotopic (exact) mass is 688 g/mol. The molecule has 0 unspecified atom stereocenters. The normalized spacial score (nSPS) is 22.3. The molecule has 3 rings (SSSR count). The van der Waals surface area contributed by atoms with Crippen molar-refractivity contribution in [2.24, 2.45) is 0 Å². The number of hydrogen-bond donors (Lipinski definition) is 0. The molecule has 0 amide bonds. The SMILES string of the molecule is C[SiH2]OC(O[SiH2]C)C(C)(C)c1ccc(Cc2cc([C@@H]3O[C@H](COC(C)=O)[C@@H](OC(C)=O)[C@H](OC(C)=O)[C@H]3OC(C)=O)ccc2C)cc1. The Morgan fingerprint density at radius 2 is 1.34 bits per heavy atom. The third kappa shape index (κ3) is 10.3. The van der Waals surface area contributed by atoms with Gasteiger partial charge in [-0.3, -0.25) is 19.2 Å². The number of aryl methyl sites for hydroxylation is 1. The Kier molecular flexibility index (Phi) is 13.9. The second-order valence-electron chi connectivity index (χ2n) is 12.1. The average molecular weight is 689 g/mol. The molecule has 5 atom stereocenters. The van der Waals surface area contributed by atoms with Gasteiger partial charge in [0, 0.05) is 33.1 Å². The largest absolute Gasteiger partial charge is 0.463 e. The number of carbonyl (C=O) groups is 4. The zero-order valence-electron chi connectivity index (χ0n) is 28.8. The van der Waals surface area contributed by atoms with Crippen LogP contribution in [0, 0.1) is 6.92 Å². The van der Waals surface area contributed by atoms with Crippen LogP contribution in [0.25, 0.3) is 0 Å². The van der Waals surface area contributed by atoms with Crippen molar-refractivity contribution in [3.05, 3.63) is 70.3 Å². The smallest absolute Gasteiger partial charge is 0.303 e. The number of esters is 4. The molecule has 1 fully saturated rings. The summed E-state index contributed by atoms with van der Waals surface area (Å²) in [7, 11) is -1.30. The van der Waals surface area contributed by atoms with Crippen molar-refractivity contribution in [2.75, 3.05) is 6.61 Å². The first-order chi connectivity index (χ1) is 22.2. The molecule has 0 spiro atoms. The maximum absolute atomic E-state index is 12.3. The Labute approximate surface area is 281 Å². The summed E-state index contributed by atoms with van der Waals surface area (Å²) in [5.41, 5.74) is 4.58. The Morgan fingerprint density at radius 3 is 1.87 bits per heavy atom. The zero-order chi connectivity index (χ0) is 34.9. The molecule has 1 aliphatic heterocycles. The number of benzene rings is 2. The van der Waals surface area contributed by atoms with Crippen molar-refractivity contribution in [3.63, 3.8) is 0 Å². The standard InChI is InChI=1S/C34H48O11Si2/c1-19-10-13-25(17-26(19)16-24-11-14-27(15-12-24)34(6,7)33(44-46-8)45-47-9)29-31(41-22(4)37)32(42-23(5)38)30(40-21(3)36)28(43-29)18-39-20(2)35/h10-15,17,28-33H,16,18,46-47H2,1-9H3/t28-,29+,30-,31+,32+/m1/s1. The topological polar surface area (TPSA) is 133 Å². The lowest BCUT2D eigenvalue weighted by Gasteiger charge is -2.44. The van der Waals surface area contributed by atoms with Crippen LogP contribution in [0.3, 0.4) is 0 Å². The first kappa shape index (κ1) is 38.1. The maximum Gasteiger partial charge on any atom is 0.303 e. The predicted molar refractivity (Wildman–Crippen MR) is 179 cm³/mol. The summed E-state index contributed by atoms with van der Waals surface area (Å²) in [5.74, 6) is -2.56.